The molecule has 0 aromatic carbocycles. The van der Waals surface area contributed by atoms with E-state index in [0.717, 1.165) is 293 Å². The zero-order chi connectivity index (χ0) is 87.3. The number of hydrogen-bond acceptors (Lipinski definition) is 31. The predicted octanol–water partition coefficient (Wildman–Crippen LogP) is 5.56. The Morgan fingerprint density at radius 3 is 0.960 bits per heavy atom. The molecule has 0 saturated carbocycles. The van der Waals surface area contributed by atoms with E-state index in [2.05, 4.69) is 138 Å². The van der Waals surface area contributed by atoms with E-state index < -0.39 is 5.97 Å². The first kappa shape index (κ1) is 86.7. The maximum Gasteiger partial charge on any atom is 0.339 e. The monoisotopic (exact) mass is 1720 g/mol. The maximum absolute atomic E-state index is 12.4. The molecule has 20 rings (SSSR count). The number of hydrogen-bond donors (Lipinski definition) is 8. The average molecular weight is 1720 g/mol. The summed E-state index contributed by atoms with van der Waals surface area (Å²) in [5, 5.41) is 35.9. The molecule has 0 radical (unpaired) electrons. The highest BCUT2D eigenvalue weighted by molar-refractivity contribution is 6.06. The standard InChI is InChI=1S/C23H28N6O3.C22H27N7O2.C21H24N6O3.C12H17N3O2.C11H13N3O2/c1-2-32-23(31)17-5-6-20(24-14-17)28-10-8-27(9-11-28)15-16-12-18-21(25-13-16)29-7-3-4-19(29)22(30)26-18;1-23-21(30)16-4-5-19(24-13-16)28-9-7-27(8-10-28)14-15-11-17-20(25-12-15)29-6-2-3-18(29)22(31)26-17;28-20-17-2-1-5-27(17)19-16(24-20)10-14(11-23-19)13-25-6-8-26(9-7-25)18-4-3-15(12-22-18)21(29)30;1-2-17-12(16)10-3-4-11(14-9-10)15-7-5-13-6-8-15;15-6-7-4-8-10(12-5-7)14-3-1-2-9(14)11(16)13-8/h5-6,12-14,19H,2-4,7-11,15H2,1H3,(H,26,30);4-5,11-13,18H,2-3,6-10,14H2,1H3,(H,23,30)(H,26,31);3-4,10-12,17H,1-2,5-9,13H2,(H,24,28)(H,29,30);3-4,9,13H,2,5-8H2,1H3;4-5,9,15H,1-3,6H2,(H,13,16)/t19-;18-;17-;;9-/m000.0/s1. The van der Waals surface area contributed by atoms with E-state index in [-0.39, 0.29) is 77.8 Å². The predicted molar refractivity (Wildman–Crippen MR) is 476 cm³/mol. The smallest absolute Gasteiger partial charge is 0.339 e. The first-order valence-electron chi connectivity index (χ1n) is 43.8. The fourth-order valence-corrected chi connectivity index (χ4v) is 18.1. The fraction of sp³-hybridized carbons (Fsp3) is 0.461. The molecule has 5 amide bonds. The number of fused-ring (bicyclic) bond motifs is 12. The molecule has 8 aromatic rings. The molecule has 0 bridgehead atoms. The minimum Gasteiger partial charge on any atom is -0.478 e. The molecule has 20 heterocycles. The molecule has 37 nitrogen and oxygen atoms in total. The number of pyridine rings is 8. The highest BCUT2D eigenvalue weighted by Gasteiger charge is 2.42. The van der Waals surface area contributed by atoms with Crippen molar-refractivity contribution in [2.75, 3.05) is 212 Å². The van der Waals surface area contributed by atoms with Crippen LogP contribution in [0.4, 0.5) is 69.3 Å². The first-order valence-corrected chi connectivity index (χ1v) is 43.8. The summed E-state index contributed by atoms with van der Waals surface area (Å²) in [6.07, 6.45) is 21.4. The van der Waals surface area contributed by atoms with E-state index in [9.17, 15) is 38.4 Å². The quantitative estimate of drug-likeness (QED) is 0.0517. The lowest BCUT2D eigenvalue weighted by molar-refractivity contribution is -0.118. The number of carbonyl (C=O) groups is 8. The van der Waals surface area contributed by atoms with Crippen LogP contribution in [0.1, 0.15) is 129 Å². The summed E-state index contributed by atoms with van der Waals surface area (Å²) < 4.78 is 9.93. The second kappa shape index (κ2) is 40.0. The lowest BCUT2D eigenvalue weighted by Crippen LogP contribution is -2.46. The summed E-state index contributed by atoms with van der Waals surface area (Å²) in [7, 11) is 1.62. The van der Waals surface area contributed by atoms with Gasteiger partial charge in [-0.15, -0.1) is 0 Å². The molecule has 0 spiro atoms. The molecule has 8 fully saturated rings. The zero-order valence-electron chi connectivity index (χ0n) is 71.4. The van der Waals surface area contributed by atoms with Gasteiger partial charge >= 0.3 is 17.9 Å². The number of ether oxygens (including phenoxy) is 2. The fourth-order valence-electron chi connectivity index (χ4n) is 18.1. The third-order valence-electron chi connectivity index (χ3n) is 24.7. The van der Waals surface area contributed by atoms with Gasteiger partial charge in [0.05, 0.1) is 64.8 Å². The van der Waals surface area contributed by atoms with Crippen molar-refractivity contribution in [2.45, 2.75) is 116 Å². The van der Waals surface area contributed by atoms with Crippen LogP contribution in [0.5, 0.6) is 0 Å². The molecule has 12 aliphatic heterocycles. The van der Waals surface area contributed by atoms with Gasteiger partial charge in [-0.05, 0) is 160 Å². The largest absolute Gasteiger partial charge is 0.478 e. The van der Waals surface area contributed by atoms with Crippen LogP contribution in [0.2, 0.25) is 0 Å². The Kier molecular flexibility index (Phi) is 27.5. The minimum absolute atomic E-state index is 0.0434. The van der Waals surface area contributed by atoms with E-state index in [1.165, 1.54) is 6.20 Å². The number of nitrogens with one attached hydrogen (secondary N) is 6. The Balaban J connectivity index is 0.000000119. The third kappa shape index (κ3) is 20.1. The molecule has 12 aliphatic rings. The van der Waals surface area contributed by atoms with Crippen molar-refractivity contribution in [3.8, 4) is 0 Å². The number of carboxylic acid groups (broad SMARTS) is 1. The highest BCUT2D eigenvalue weighted by atomic mass is 16.5. The van der Waals surface area contributed by atoms with Crippen LogP contribution >= 0.6 is 0 Å². The Morgan fingerprint density at radius 1 is 0.381 bits per heavy atom. The number of esters is 2. The number of aliphatic hydroxyl groups excluding tert-OH is 1. The van der Waals surface area contributed by atoms with Crippen LogP contribution in [0.25, 0.3) is 0 Å². The van der Waals surface area contributed by atoms with E-state index in [0.29, 0.717) is 29.9 Å². The number of piperazine rings is 4. The van der Waals surface area contributed by atoms with Crippen LogP contribution in [0.3, 0.4) is 0 Å². The van der Waals surface area contributed by atoms with Crippen LogP contribution in [0.15, 0.2) is 122 Å². The number of carbonyl (C=O) groups excluding carboxylic acids is 7. The topological polar surface area (TPSA) is 406 Å². The number of nitrogens with zero attached hydrogens (tertiary/aromatic N) is 19. The van der Waals surface area contributed by atoms with Gasteiger partial charge in [-0.1, -0.05) is 0 Å². The second-order valence-electron chi connectivity index (χ2n) is 32.9. The Bertz CT molecular complexity index is 5220. The second-order valence-corrected chi connectivity index (χ2v) is 32.9. The lowest BCUT2D eigenvalue weighted by Gasteiger charge is -2.36. The molecule has 0 aliphatic carbocycles. The van der Waals surface area contributed by atoms with Gasteiger partial charge in [-0.3, -0.25) is 38.7 Å². The first-order chi connectivity index (χ1) is 61.4. The molecule has 4 atom stereocenters. The maximum atomic E-state index is 12.4. The molecule has 0 unspecified atom stereocenters. The van der Waals surface area contributed by atoms with Gasteiger partial charge in [0.2, 0.25) is 23.6 Å². The molecular formula is C89H109N25O12. The highest BCUT2D eigenvalue weighted by Crippen LogP contribution is 2.40. The lowest BCUT2D eigenvalue weighted by atomic mass is 10.1. The third-order valence-corrected chi connectivity index (χ3v) is 24.7. The van der Waals surface area contributed by atoms with Crippen LogP contribution in [-0.4, -0.2) is 288 Å². The molecular weight excluding hydrogens is 1610 g/mol. The number of anilines is 12. The summed E-state index contributed by atoms with van der Waals surface area (Å²) in [6.45, 7) is 24.5. The molecule has 662 valence electrons. The van der Waals surface area contributed by atoms with Crippen LogP contribution in [-0.2, 0) is 54.9 Å². The van der Waals surface area contributed by atoms with Gasteiger partial charge in [0.15, 0.2) is 23.3 Å². The van der Waals surface area contributed by atoms with Gasteiger partial charge < -0.3 is 90.8 Å². The summed E-state index contributed by atoms with van der Waals surface area (Å²) >= 11 is 0. The van der Waals surface area contributed by atoms with Crippen molar-refractivity contribution in [3.05, 3.63) is 167 Å². The average Bonchev–Trinajstić information content (AvgIpc) is 1.61. The van der Waals surface area contributed by atoms with E-state index in [4.69, 9.17) is 19.7 Å². The number of carboxylic acids is 1. The van der Waals surface area contributed by atoms with Crippen LogP contribution < -0.4 is 71.1 Å². The molecule has 8 aromatic heterocycles. The summed E-state index contributed by atoms with van der Waals surface area (Å²) in [6, 6.07) is 22.1. The van der Waals surface area contributed by atoms with Crippen molar-refractivity contribution in [1.82, 2.24) is 65.2 Å². The van der Waals surface area contributed by atoms with E-state index >= 15 is 0 Å². The van der Waals surface area contributed by atoms with Crippen molar-refractivity contribution >= 4 is 117 Å². The molecule has 126 heavy (non-hydrogen) atoms. The Morgan fingerprint density at radius 2 is 0.675 bits per heavy atom. The SMILES string of the molecule is CCOC(=O)c1ccc(N2CCN(Cc3cnc4c(c3)NC(=O)[C@@H]3CCCN43)CC2)nc1.CCOC(=O)c1ccc(N2CCNCC2)nc1.CNC(=O)c1ccc(N2CCN(Cc3cnc4c(c3)NC(=O)[C@@H]3CCCN43)CC2)nc1.O=C(O)c1ccc(N2CCN(Cc3cnc4c(c3)NC(=O)[C@@H]3CCCN43)CC2)nc1.O=C1Nc2cc(CO)cnc2N2CCC[C@@H]12. The summed E-state index contributed by atoms with van der Waals surface area (Å²) in [5.41, 5.74) is 8.96. The molecule has 8 N–H and O–H groups in total. The van der Waals surface area contributed by atoms with Crippen molar-refractivity contribution < 1.29 is 58.0 Å². The number of aromatic nitrogens is 8. The summed E-state index contributed by atoms with van der Waals surface area (Å²) in [5.74, 6) is 5.57. The van der Waals surface area contributed by atoms with Gasteiger partial charge in [-0.2, -0.15) is 0 Å². The van der Waals surface area contributed by atoms with Crippen molar-refractivity contribution in [1.29, 1.82) is 0 Å². The molecule has 37 heteroatoms. The summed E-state index contributed by atoms with van der Waals surface area (Å²) in [4.78, 5) is 155. The number of rotatable bonds is 17. The molecule has 8 saturated heterocycles. The van der Waals surface area contributed by atoms with Crippen LogP contribution in [0, 0.1) is 0 Å². The minimum atomic E-state index is -0.964. The Hall–Kier alpha value is -12.8. The van der Waals surface area contributed by atoms with Gasteiger partial charge in [0.1, 0.15) is 47.4 Å². The van der Waals surface area contributed by atoms with Crippen molar-refractivity contribution in [2.24, 2.45) is 0 Å². The Labute approximate surface area is 730 Å². The van der Waals surface area contributed by atoms with Gasteiger partial charge in [0.25, 0.3) is 5.91 Å². The van der Waals surface area contributed by atoms with Crippen molar-refractivity contribution in [3.63, 3.8) is 0 Å². The van der Waals surface area contributed by atoms with Gasteiger partial charge in [-0.25, -0.2) is 54.3 Å². The van der Waals surface area contributed by atoms with Gasteiger partial charge in [0, 0.05) is 207 Å². The number of aromatic carboxylic acids is 1. The van der Waals surface area contributed by atoms with E-state index in [1.807, 2.05) is 48.9 Å². The normalized spacial score (nSPS) is 20.4. The zero-order valence-corrected chi connectivity index (χ0v) is 71.4. The number of amides is 5. The van der Waals surface area contributed by atoms with E-state index in [1.54, 1.807) is 76.0 Å². The number of aliphatic hydroxyl groups is 1.